The van der Waals surface area contributed by atoms with Gasteiger partial charge in [0.05, 0.1) is 30.7 Å². The lowest BCUT2D eigenvalue weighted by molar-refractivity contribution is -0.0642. The molecule has 5 N–H and O–H groups in total. The van der Waals surface area contributed by atoms with Crippen LogP contribution in [0.3, 0.4) is 0 Å². The van der Waals surface area contributed by atoms with Crippen LogP contribution in [0.1, 0.15) is 135 Å². The third-order valence-corrected chi connectivity index (χ3v) is 12.8. The number of fused-ring (bicyclic) bond motifs is 2. The van der Waals surface area contributed by atoms with Crippen LogP contribution >= 0.6 is 0 Å². The Kier molecular flexibility index (Phi) is 11.4. The highest BCUT2D eigenvalue weighted by Gasteiger charge is 2.45. The molecule has 5 saturated carbocycles. The molecule has 0 radical (unpaired) electrons. The number of aliphatic hydroxyl groups excluding tert-OH is 2. The third-order valence-electron chi connectivity index (χ3n) is 12.8. The van der Waals surface area contributed by atoms with Crippen molar-refractivity contribution in [1.82, 2.24) is 16.0 Å². The maximum absolute atomic E-state index is 11.5. The zero-order chi connectivity index (χ0) is 28.0. The van der Waals surface area contributed by atoms with Crippen LogP contribution in [-0.4, -0.2) is 54.1 Å². The molecule has 0 amide bonds. The Morgan fingerprint density at radius 1 is 0.512 bits per heavy atom. The number of aliphatic hydroxyl groups is 2. The zero-order valence-corrected chi connectivity index (χ0v) is 26.0. The van der Waals surface area contributed by atoms with Crippen LogP contribution in [0.5, 0.6) is 0 Å². The maximum atomic E-state index is 11.5. The summed E-state index contributed by atoms with van der Waals surface area (Å²) in [4.78, 5) is 0. The van der Waals surface area contributed by atoms with Crippen molar-refractivity contribution in [2.24, 2.45) is 41.4 Å². The second-order valence-electron chi connectivity index (χ2n) is 15.4. The Balaban J connectivity index is 1.08. The van der Waals surface area contributed by atoms with Gasteiger partial charge in [-0.05, 0) is 106 Å². The Hall–Kier alpha value is -0.240. The van der Waals surface area contributed by atoms with Crippen molar-refractivity contribution < 1.29 is 14.9 Å². The lowest BCUT2D eigenvalue weighted by Gasteiger charge is -2.52. The Morgan fingerprint density at radius 2 is 1.05 bits per heavy atom. The molecule has 0 aromatic rings. The average molecular weight is 574 g/mol. The number of rotatable bonds is 10. The lowest BCUT2D eigenvalue weighted by Crippen LogP contribution is -2.73. The molecule has 0 bridgehead atoms. The predicted octanol–water partition coefficient (Wildman–Crippen LogP) is 6.06. The van der Waals surface area contributed by atoms with Crippen LogP contribution in [0, 0.1) is 41.4 Å². The molecule has 6 nitrogen and oxygen atoms in total. The number of unbranched alkanes of at least 4 members (excludes halogenated alkanes) is 3. The van der Waals surface area contributed by atoms with E-state index >= 15 is 0 Å². The summed E-state index contributed by atoms with van der Waals surface area (Å²) in [7, 11) is 0. The van der Waals surface area contributed by atoms with Crippen LogP contribution in [0.4, 0.5) is 0 Å². The van der Waals surface area contributed by atoms with E-state index in [9.17, 15) is 5.11 Å². The van der Waals surface area contributed by atoms with Crippen LogP contribution < -0.4 is 16.0 Å². The molecule has 6 aliphatic rings. The van der Waals surface area contributed by atoms with Crippen molar-refractivity contribution in [3.8, 4) is 0 Å². The van der Waals surface area contributed by atoms with E-state index in [1.807, 2.05) is 0 Å². The summed E-state index contributed by atoms with van der Waals surface area (Å²) in [6, 6.07) is 0. The highest BCUT2D eigenvalue weighted by Crippen LogP contribution is 2.46. The molecular formula is C35H63N3O3. The second kappa shape index (κ2) is 15.2. The average Bonchev–Trinajstić information content (AvgIpc) is 3.02. The second-order valence-corrected chi connectivity index (χ2v) is 15.4. The molecule has 11 unspecified atom stereocenters. The Labute approximate surface area is 250 Å². The van der Waals surface area contributed by atoms with Gasteiger partial charge in [0.15, 0.2) is 0 Å². The quantitative estimate of drug-likeness (QED) is 0.204. The molecule has 0 spiro atoms. The first-order valence-electron chi connectivity index (χ1n) is 18.4. The van der Waals surface area contributed by atoms with Crippen LogP contribution in [0.15, 0.2) is 0 Å². The summed E-state index contributed by atoms with van der Waals surface area (Å²) in [5, 5.41) is 32.8. The fourth-order valence-electron chi connectivity index (χ4n) is 10.4. The van der Waals surface area contributed by atoms with Crippen molar-refractivity contribution in [2.45, 2.75) is 166 Å². The van der Waals surface area contributed by atoms with Gasteiger partial charge < -0.3 is 14.9 Å². The molecule has 0 aromatic carbocycles. The van der Waals surface area contributed by atoms with Crippen molar-refractivity contribution in [3.63, 3.8) is 0 Å². The first-order valence-corrected chi connectivity index (χ1v) is 18.4. The summed E-state index contributed by atoms with van der Waals surface area (Å²) in [5.74, 6) is 5.55. The van der Waals surface area contributed by atoms with E-state index in [1.54, 1.807) is 0 Å². The van der Waals surface area contributed by atoms with E-state index in [0.29, 0.717) is 18.9 Å². The molecule has 1 saturated heterocycles. The molecular weight excluding hydrogens is 510 g/mol. The summed E-state index contributed by atoms with van der Waals surface area (Å²) in [6.45, 7) is 1.08. The highest BCUT2D eigenvalue weighted by molar-refractivity contribution is 4.99. The lowest BCUT2D eigenvalue weighted by atomic mass is 9.66. The fourth-order valence-corrected chi connectivity index (χ4v) is 10.4. The minimum atomic E-state index is -0.310. The summed E-state index contributed by atoms with van der Waals surface area (Å²) in [6.07, 6.45) is 27.8. The zero-order valence-electron chi connectivity index (χ0n) is 26.0. The van der Waals surface area contributed by atoms with Crippen LogP contribution in [0.2, 0.25) is 0 Å². The third kappa shape index (κ3) is 7.89. The topological polar surface area (TPSA) is 85.8 Å². The first-order chi connectivity index (χ1) is 20.2. The molecule has 5 aliphatic carbocycles. The van der Waals surface area contributed by atoms with Gasteiger partial charge in [0.2, 0.25) is 0 Å². The van der Waals surface area contributed by atoms with Gasteiger partial charge in [-0.15, -0.1) is 0 Å². The monoisotopic (exact) mass is 573 g/mol. The summed E-state index contributed by atoms with van der Waals surface area (Å²) < 4.78 is 6.23. The predicted molar refractivity (Wildman–Crippen MR) is 165 cm³/mol. The Bertz CT molecular complexity index is 742. The van der Waals surface area contributed by atoms with Gasteiger partial charge in [0.1, 0.15) is 0 Å². The van der Waals surface area contributed by atoms with Crippen molar-refractivity contribution in [2.75, 3.05) is 13.2 Å². The van der Waals surface area contributed by atoms with Crippen LogP contribution in [-0.2, 0) is 4.74 Å². The molecule has 0 aromatic heterocycles. The molecule has 1 aliphatic heterocycles. The van der Waals surface area contributed by atoms with Gasteiger partial charge in [0, 0.05) is 19.1 Å². The Morgan fingerprint density at radius 3 is 1.63 bits per heavy atom. The smallest absolute Gasteiger partial charge is 0.0649 e. The first kappa shape index (κ1) is 30.8. The maximum Gasteiger partial charge on any atom is 0.0649 e. The van der Waals surface area contributed by atoms with E-state index < -0.39 is 0 Å². The minimum absolute atomic E-state index is 0.189. The molecule has 6 fully saturated rings. The molecule has 236 valence electrons. The van der Waals surface area contributed by atoms with Crippen LogP contribution in [0.25, 0.3) is 0 Å². The van der Waals surface area contributed by atoms with Crippen molar-refractivity contribution in [1.29, 1.82) is 0 Å². The summed E-state index contributed by atoms with van der Waals surface area (Å²) in [5.41, 5.74) is 0. The molecule has 1 heterocycles. The largest absolute Gasteiger partial charge is 0.396 e. The normalized spacial score (nSPS) is 45.5. The van der Waals surface area contributed by atoms with Gasteiger partial charge >= 0.3 is 0 Å². The van der Waals surface area contributed by atoms with E-state index in [4.69, 9.17) is 9.84 Å². The SMILES string of the molecule is OCCCCCCOC1CCC(C2NC(C3CCC4CCCCC4C3)NC(C3CCC4CCCCC4C3)N2)C(O)C1. The summed E-state index contributed by atoms with van der Waals surface area (Å²) >= 11 is 0. The van der Waals surface area contributed by atoms with E-state index in [0.717, 1.165) is 87.1 Å². The molecule has 6 heteroatoms. The van der Waals surface area contributed by atoms with Gasteiger partial charge in [0.25, 0.3) is 0 Å². The van der Waals surface area contributed by atoms with Crippen molar-refractivity contribution in [3.05, 3.63) is 0 Å². The van der Waals surface area contributed by atoms with E-state index in [1.165, 1.54) is 89.9 Å². The molecule has 11 atom stereocenters. The molecule has 41 heavy (non-hydrogen) atoms. The number of hydrogen-bond acceptors (Lipinski definition) is 6. The van der Waals surface area contributed by atoms with Crippen molar-refractivity contribution >= 4 is 0 Å². The van der Waals surface area contributed by atoms with Gasteiger partial charge in [-0.2, -0.15) is 0 Å². The standard InChI is InChI=1S/C35H63N3O3/c39-19-7-1-2-8-20-41-30-17-18-31(32(40)23-30)35-37-33(28-15-13-24-9-3-5-11-26(24)21-28)36-34(38-35)29-16-14-25-10-4-6-12-27(25)22-29/h24-40H,1-23H2. The van der Waals surface area contributed by atoms with Gasteiger partial charge in [-0.25, -0.2) is 0 Å². The van der Waals surface area contributed by atoms with Gasteiger partial charge in [-0.3, -0.25) is 16.0 Å². The number of nitrogens with one attached hydrogen (secondary N) is 3. The number of hydrogen-bond donors (Lipinski definition) is 5. The number of ether oxygens (including phenoxy) is 1. The minimum Gasteiger partial charge on any atom is -0.396 e. The van der Waals surface area contributed by atoms with Gasteiger partial charge in [-0.1, -0.05) is 64.2 Å². The fraction of sp³-hybridized carbons (Fsp3) is 1.00. The van der Waals surface area contributed by atoms with E-state index in [2.05, 4.69) is 16.0 Å². The molecule has 6 rings (SSSR count). The highest BCUT2D eigenvalue weighted by atomic mass is 16.5. The van der Waals surface area contributed by atoms with E-state index in [-0.39, 0.29) is 24.3 Å².